The average molecular weight is 435 g/mol. The van der Waals surface area contributed by atoms with Gasteiger partial charge in [0.25, 0.3) is 0 Å². The van der Waals surface area contributed by atoms with Gasteiger partial charge in [-0.2, -0.15) is 0 Å². The predicted molar refractivity (Wildman–Crippen MR) is 115 cm³/mol. The summed E-state index contributed by atoms with van der Waals surface area (Å²) in [6.45, 7) is 3.68. The summed E-state index contributed by atoms with van der Waals surface area (Å²) in [5.41, 5.74) is 2.69. The molecule has 1 aliphatic carbocycles. The summed E-state index contributed by atoms with van der Waals surface area (Å²) in [5.74, 6) is 0.904. The number of likely N-dealkylation sites (tertiary alicyclic amines) is 1. The van der Waals surface area contributed by atoms with Crippen LogP contribution in [0, 0.1) is 5.92 Å². The van der Waals surface area contributed by atoms with Gasteiger partial charge in [-0.05, 0) is 37.1 Å². The van der Waals surface area contributed by atoms with Crippen LogP contribution in [0.5, 0.6) is 0 Å². The third kappa shape index (κ3) is 4.07. The van der Waals surface area contributed by atoms with E-state index in [1.807, 2.05) is 12.1 Å². The molecule has 5 rings (SSSR count). The zero-order chi connectivity index (χ0) is 19.8. The molecule has 0 N–H and O–H groups in total. The van der Waals surface area contributed by atoms with Crippen LogP contribution in [-0.4, -0.2) is 45.6 Å². The van der Waals surface area contributed by atoms with Crippen LogP contribution in [0.3, 0.4) is 0 Å². The minimum atomic E-state index is 0.201. The van der Waals surface area contributed by atoms with Crippen molar-refractivity contribution in [3.63, 3.8) is 0 Å². The minimum absolute atomic E-state index is 0.201. The number of fused-ring (bicyclic) bond motifs is 3. The maximum Gasteiger partial charge on any atom is 0.120 e. The largest absolute Gasteiger partial charge is 0.368 e. The standard InChI is InChI=1S/C22H28Cl2N4O/c23-16-7-8-17(18(24)11-16)22-20-14-29-21-13-27(12-19(21)28(20)26-25-22)10-9-15-5-3-1-2-4-6-15/h7-8,11,15,19,21H,1-6,9-10,12-14H2/t19-,21-/m0/s1. The molecule has 29 heavy (non-hydrogen) atoms. The lowest BCUT2D eigenvalue weighted by atomic mass is 9.96. The van der Waals surface area contributed by atoms with E-state index in [9.17, 15) is 0 Å². The van der Waals surface area contributed by atoms with Crippen molar-refractivity contribution in [2.45, 2.75) is 63.7 Å². The van der Waals surface area contributed by atoms with Crippen molar-refractivity contribution in [1.82, 2.24) is 19.9 Å². The Hall–Kier alpha value is -1.14. The van der Waals surface area contributed by atoms with Gasteiger partial charge in [0.15, 0.2) is 0 Å². The van der Waals surface area contributed by atoms with Crippen molar-refractivity contribution < 1.29 is 4.74 Å². The van der Waals surface area contributed by atoms with Crippen LogP contribution < -0.4 is 0 Å². The molecule has 0 unspecified atom stereocenters. The molecule has 1 saturated carbocycles. The molecule has 3 aliphatic rings. The van der Waals surface area contributed by atoms with E-state index >= 15 is 0 Å². The molecule has 1 aromatic carbocycles. The molecule has 0 bridgehead atoms. The smallest absolute Gasteiger partial charge is 0.120 e. The molecule has 5 nitrogen and oxygen atoms in total. The van der Waals surface area contributed by atoms with E-state index in [2.05, 4.69) is 19.9 Å². The van der Waals surface area contributed by atoms with E-state index in [1.54, 1.807) is 6.07 Å². The van der Waals surface area contributed by atoms with Crippen LogP contribution in [0.1, 0.15) is 56.7 Å². The minimum Gasteiger partial charge on any atom is -0.368 e. The van der Waals surface area contributed by atoms with E-state index in [0.717, 1.165) is 36.0 Å². The maximum atomic E-state index is 6.41. The number of benzene rings is 1. The number of halogens is 2. The molecule has 7 heteroatoms. The number of hydrogen-bond acceptors (Lipinski definition) is 4. The Bertz CT molecular complexity index is 862. The van der Waals surface area contributed by atoms with E-state index in [0.29, 0.717) is 16.7 Å². The fourth-order valence-corrected chi connectivity index (χ4v) is 5.72. The number of aromatic nitrogens is 3. The van der Waals surface area contributed by atoms with Gasteiger partial charge < -0.3 is 4.74 Å². The second-order valence-electron chi connectivity index (χ2n) is 8.78. The first-order valence-corrected chi connectivity index (χ1v) is 11.7. The Morgan fingerprint density at radius 3 is 2.69 bits per heavy atom. The molecule has 156 valence electrons. The normalized spacial score (nSPS) is 25.6. The molecule has 3 heterocycles. The topological polar surface area (TPSA) is 43.2 Å². The summed E-state index contributed by atoms with van der Waals surface area (Å²) in [6.07, 6.45) is 10.0. The van der Waals surface area contributed by atoms with Crippen molar-refractivity contribution in [3.05, 3.63) is 33.9 Å². The lowest BCUT2D eigenvalue weighted by molar-refractivity contribution is -0.00488. The quantitative estimate of drug-likeness (QED) is 0.606. The van der Waals surface area contributed by atoms with E-state index in [1.165, 1.54) is 51.5 Å². The van der Waals surface area contributed by atoms with Gasteiger partial charge in [0.05, 0.1) is 29.5 Å². The predicted octanol–water partition coefficient (Wildman–Crippen LogP) is 5.37. The molecular formula is C22H28Cl2N4O. The van der Waals surface area contributed by atoms with Crippen LogP contribution in [-0.2, 0) is 11.3 Å². The zero-order valence-electron chi connectivity index (χ0n) is 16.7. The third-order valence-corrected chi connectivity index (χ3v) is 7.41. The second-order valence-corrected chi connectivity index (χ2v) is 9.62. The van der Waals surface area contributed by atoms with Gasteiger partial charge in [-0.3, -0.25) is 4.90 Å². The van der Waals surface area contributed by atoms with Crippen molar-refractivity contribution in [2.75, 3.05) is 19.6 Å². The Balaban J connectivity index is 1.28. The third-order valence-electron chi connectivity index (χ3n) is 6.87. The van der Waals surface area contributed by atoms with Crippen LogP contribution in [0.25, 0.3) is 11.3 Å². The summed E-state index contributed by atoms with van der Waals surface area (Å²) >= 11 is 12.5. The van der Waals surface area contributed by atoms with Crippen LogP contribution in [0.15, 0.2) is 18.2 Å². The Morgan fingerprint density at radius 2 is 1.90 bits per heavy atom. The monoisotopic (exact) mass is 434 g/mol. The molecule has 2 atom stereocenters. The lowest BCUT2D eigenvalue weighted by Gasteiger charge is -2.26. The number of hydrogen-bond donors (Lipinski definition) is 0. The number of nitrogens with zero attached hydrogens (tertiary/aromatic N) is 4. The highest BCUT2D eigenvalue weighted by Crippen LogP contribution is 2.37. The number of rotatable bonds is 4. The molecule has 0 amide bonds. The first kappa shape index (κ1) is 19.8. The van der Waals surface area contributed by atoms with Gasteiger partial charge >= 0.3 is 0 Å². The van der Waals surface area contributed by atoms with Gasteiger partial charge in [0.2, 0.25) is 0 Å². The second kappa shape index (κ2) is 8.54. The van der Waals surface area contributed by atoms with E-state index in [-0.39, 0.29) is 12.1 Å². The molecule has 0 radical (unpaired) electrons. The summed E-state index contributed by atoms with van der Waals surface area (Å²) < 4.78 is 8.33. The summed E-state index contributed by atoms with van der Waals surface area (Å²) in [5, 5.41) is 10.2. The van der Waals surface area contributed by atoms with E-state index in [4.69, 9.17) is 27.9 Å². The molecule has 2 aromatic rings. The molecule has 1 aromatic heterocycles. The van der Waals surface area contributed by atoms with Gasteiger partial charge in [0.1, 0.15) is 5.69 Å². The lowest BCUT2D eigenvalue weighted by Crippen LogP contribution is -2.32. The highest BCUT2D eigenvalue weighted by molar-refractivity contribution is 6.36. The molecule has 0 spiro atoms. The summed E-state index contributed by atoms with van der Waals surface area (Å²) in [7, 11) is 0. The first-order valence-electron chi connectivity index (χ1n) is 10.9. The van der Waals surface area contributed by atoms with Gasteiger partial charge in [-0.25, -0.2) is 4.68 Å². The highest BCUT2D eigenvalue weighted by Gasteiger charge is 2.40. The Labute approximate surface area is 182 Å². The first-order chi connectivity index (χ1) is 14.2. The van der Waals surface area contributed by atoms with Gasteiger partial charge in [-0.1, -0.05) is 66.9 Å². The van der Waals surface area contributed by atoms with Crippen molar-refractivity contribution >= 4 is 23.2 Å². The molecule has 2 aliphatic heterocycles. The summed E-state index contributed by atoms with van der Waals surface area (Å²) in [4.78, 5) is 2.56. The van der Waals surface area contributed by atoms with E-state index < -0.39 is 0 Å². The fraction of sp³-hybridized carbons (Fsp3) is 0.636. The van der Waals surface area contributed by atoms with Crippen molar-refractivity contribution in [2.24, 2.45) is 5.92 Å². The zero-order valence-corrected chi connectivity index (χ0v) is 18.2. The fourth-order valence-electron chi connectivity index (χ4n) is 5.22. The van der Waals surface area contributed by atoms with Gasteiger partial charge in [-0.15, -0.1) is 5.10 Å². The molecular weight excluding hydrogens is 407 g/mol. The highest BCUT2D eigenvalue weighted by atomic mass is 35.5. The molecule has 2 fully saturated rings. The van der Waals surface area contributed by atoms with Crippen LogP contribution in [0.2, 0.25) is 10.0 Å². The average Bonchev–Trinajstić information content (AvgIpc) is 3.22. The van der Waals surface area contributed by atoms with Crippen LogP contribution in [0.4, 0.5) is 0 Å². The Morgan fingerprint density at radius 1 is 1.07 bits per heavy atom. The van der Waals surface area contributed by atoms with Crippen LogP contribution >= 0.6 is 23.2 Å². The van der Waals surface area contributed by atoms with Crippen molar-refractivity contribution in [1.29, 1.82) is 0 Å². The van der Waals surface area contributed by atoms with Crippen molar-refractivity contribution in [3.8, 4) is 11.3 Å². The molecule has 1 saturated heterocycles. The SMILES string of the molecule is Clc1ccc(-c2nnn3c2CO[C@H]2CN(CCC4CCCCCC4)C[C@@H]23)c(Cl)c1. The number of ether oxygens (including phenoxy) is 1. The maximum absolute atomic E-state index is 6.41. The summed E-state index contributed by atoms with van der Waals surface area (Å²) in [6, 6.07) is 5.74. The Kier molecular flexibility index (Phi) is 5.83. The van der Waals surface area contributed by atoms with Gasteiger partial charge in [0, 0.05) is 23.7 Å².